The number of nitrogens with one attached hydrogen (secondary N) is 1. The fourth-order valence-corrected chi connectivity index (χ4v) is 3.72. The summed E-state index contributed by atoms with van der Waals surface area (Å²) in [6.07, 6.45) is 6.80. The number of nitrogens with zero attached hydrogens (tertiary/aromatic N) is 6. The monoisotopic (exact) mass is 391 g/mol. The largest absolute Gasteiger partial charge is 0.367 e. The van der Waals surface area contributed by atoms with Gasteiger partial charge in [-0.1, -0.05) is 0 Å². The molecule has 3 heterocycles. The van der Waals surface area contributed by atoms with Crippen molar-refractivity contribution in [1.82, 2.24) is 19.7 Å². The summed E-state index contributed by atoms with van der Waals surface area (Å²) in [4.78, 5) is 23.4. The number of thioether (sulfide) groups is 1. The number of aromatic nitrogens is 4. The maximum atomic E-state index is 12.3. The van der Waals surface area contributed by atoms with Crippen molar-refractivity contribution in [3.63, 3.8) is 0 Å². The van der Waals surface area contributed by atoms with E-state index in [1.807, 2.05) is 17.8 Å². The van der Waals surface area contributed by atoms with Crippen molar-refractivity contribution in [2.24, 2.45) is 0 Å². The molecule has 0 atom stereocenters. The smallest absolute Gasteiger partial charge is 0.255 e. The minimum Gasteiger partial charge on any atom is -0.367 e. The SMILES string of the molecule is N#Cc1ccc(C(=O)Nc2cnn(-c3ncc(N4CCSCC4)cn3)c2)cc1. The van der Waals surface area contributed by atoms with Crippen molar-refractivity contribution in [1.29, 1.82) is 5.26 Å². The molecule has 0 saturated carbocycles. The molecule has 0 spiro atoms. The van der Waals surface area contributed by atoms with E-state index in [2.05, 4.69) is 25.3 Å². The predicted octanol–water partition coefficient (Wildman–Crippen LogP) is 2.34. The van der Waals surface area contributed by atoms with Crippen LogP contribution >= 0.6 is 11.8 Å². The summed E-state index contributed by atoms with van der Waals surface area (Å²) in [5, 5.41) is 15.8. The van der Waals surface area contributed by atoms with Gasteiger partial charge in [-0.15, -0.1) is 0 Å². The zero-order valence-electron chi connectivity index (χ0n) is 14.9. The Kier molecular flexibility index (Phi) is 5.21. The number of hydrogen-bond donors (Lipinski definition) is 1. The summed E-state index contributed by atoms with van der Waals surface area (Å²) >= 11 is 1.96. The van der Waals surface area contributed by atoms with E-state index in [1.54, 1.807) is 49.1 Å². The van der Waals surface area contributed by atoms with E-state index in [-0.39, 0.29) is 5.91 Å². The molecule has 1 aliphatic heterocycles. The van der Waals surface area contributed by atoms with Crippen molar-refractivity contribution in [2.75, 3.05) is 34.8 Å². The first-order chi connectivity index (χ1) is 13.7. The third-order valence-electron chi connectivity index (χ3n) is 4.32. The van der Waals surface area contributed by atoms with Crippen LogP contribution in [0, 0.1) is 11.3 Å². The van der Waals surface area contributed by atoms with Gasteiger partial charge in [0, 0.05) is 30.2 Å². The van der Waals surface area contributed by atoms with E-state index < -0.39 is 0 Å². The van der Waals surface area contributed by atoms with E-state index in [0.29, 0.717) is 22.8 Å². The quantitative estimate of drug-likeness (QED) is 0.728. The molecule has 1 saturated heterocycles. The predicted molar refractivity (Wildman–Crippen MR) is 108 cm³/mol. The lowest BCUT2D eigenvalue weighted by molar-refractivity contribution is 0.102. The Morgan fingerprint density at radius 3 is 2.50 bits per heavy atom. The molecule has 3 aromatic rings. The standard InChI is InChI=1S/C19H17N7OS/c20-9-14-1-3-15(4-2-14)18(27)24-16-10-23-26(13-16)19-21-11-17(12-22-19)25-5-7-28-8-6-25/h1-4,10-13H,5-8H2,(H,24,27). The van der Waals surface area contributed by atoms with E-state index in [1.165, 1.54) is 4.68 Å². The average Bonchev–Trinajstić information content (AvgIpc) is 3.23. The lowest BCUT2D eigenvalue weighted by Gasteiger charge is -2.27. The van der Waals surface area contributed by atoms with E-state index in [0.717, 1.165) is 30.3 Å². The molecule has 9 heteroatoms. The van der Waals surface area contributed by atoms with Crippen LogP contribution in [0.25, 0.3) is 5.95 Å². The van der Waals surface area contributed by atoms with Gasteiger partial charge in [-0.3, -0.25) is 4.79 Å². The first-order valence-corrected chi connectivity index (χ1v) is 9.90. The number of anilines is 2. The normalized spacial score (nSPS) is 13.8. The van der Waals surface area contributed by atoms with Crippen molar-refractivity contribution >= 4 is 29.0 Å². The Hall–Kier alpha value is -3.38. The first kappa shape index (κ1) is 18.0. The second-order valence-corrected chi connectivity index (χ2v) is 7.38. The molecular weight excluding hydrogens is 374 g/mol. The minimum absolute atomic E-state index is 0.275. The molecule has 4 rings (SSSR count). The Balaban J connectivity index is 1.43. The van der Waals surface area contributed by atoms with Crippen molar-refractivity contribution < 1.29 is 4.79 Å². The van der Waals surface area contributed by atoms with Gasteiger partial charge in [-0.25, -0.2) is 14.6 Å². The van der Waals surface area contributed by atoms with Gasteiger partial charge < -0.3 is 10.2 Å². The molecule has 1 fully saturated rings. The van der Waals surface area contributed by atoms with Crippen LogP contribution in [-0.2, 0) is 0 Å². The van der Waals surface area contributed by atoms with E-state index >= 15 is 0 Å². The Morgan fingerprint density at radius 2 is 1.82 bits per heavy atom. The number of carbonyl (C=O) groups is 1. The molecule has 0 radical (unpaired) electrons. The summed E-state index contributed by atoms with van der Waals surface area (Å²) in [6.45, 7) is 2.00. The summed E-state index contributed by atoms with van der Waals surface area (Å²) in [7, 11) is 0. The van der Waals surface area contributed by atoms with Gasteiger partial charge in [0.05, 0.1) is 47.8 Å². The molecular formula is C19H17N7OS. The van der Waals surface area contributed by atoms with Gasteiger partial charge in [0.1, 0.15) is 0 Å². The lowest BCUT2D eigenvalue weighted by Crippen LogP contribution is -2.32. The fraction of sp³-hybridized carbons (Fsp3) is 0.211. The second-order valence-electron chi connectivity index (χ2n) is 6.16. The third kappa shape index (κ3) is 3.97. The highest BCUT2D eigenvalue weighted by Gasteiger charge is 2.13. The van der Waals surface area contributed by atoms with Crippen LogP contribution in [0.5, 0.6) is 0 Å². The highest BCUT2D eigenvalue weighted by Crippen LogP contribution is 2.18. The summed E-state index contributed by atoms with van der Waals surface area (Å²) in [5.41, 5.74) is 2.51. The van der Waals surface area contributed by atoms with Crippen molar-refractivity contribution in [2.45, 2.75) is 0 Å². The van der Waals surface area contributed by atoms with Crippen LogP contribution in [0.15, 0.2) is 49.1 Å². The molecule has 1 aliphatic rings. The Labute approximate surface area is 166 Å². The van der Waals surface area contributed by atoms with Crippen molar-refractivity contribution in [3.05, 3.63) is 60.2 Å². The Morgan fingerprint density at radius 1 is 1.11 bits per heavy atom. The van der Waals surface area contributed by atoms with Gasteiger partial charge in [-0.2, -0.15) is 22.1 Å². The number of rotatable bonds is 4. The summed E-state index contributed by atoms with van der Waals surface area (Å²) in [5.74, 6) is 2.39. The number of nitriles is 1. The van der Waals surface area contributed by atoms with Crippen LogP contribution in [0.2, 0.25) is 0 Å². The number of carbonyl (C=O) groups excluding carboxylic acids is 1. The summed E-state index contributed by atoms with van der Waals surface area (Å²) < 4.78 is 1.52. The molecule has 8 nitrogen and oxygen atoms in total. The number of amides is 1. The fourth-order valence-electron chi connectivity index (χ4n) is 2.81. The van der Waals surface area contributed by atoms with Gasteiger partial charge >= 0.3 is 0 Å². The van der Waals surface area contributed by atoms with Gasteiger partial charge in [0.15, 0.2) is 0 Å². The average molecular weight is 391 g/mol. The van der Waals surface area contributed by atoms with Gasteiger partial charge in [0.25, 0.3) is 11.9 Å². The molecule has 1 N–H and O–H groups in total. The van der Waals surface area contributed by atoms with Crippen LogP contribution in [0.3, 0.4) is 0 Å². The molecule has 140 valence electrons. The van der Waals surface area contributed by atoms with Crippen LogP contribution in [0.4, 0.5) is 11.4 Å². The van der Waals surface area contributed by atoms with Crippen LogP contribution in [0.1, 0.15) is 15.9 Å². The maximum absolute atomic E-state index is 12.3. The lowest BCUT2D eigenvalue weighted by atomic mass is 10.1. The third-order valence-corrected chi connectivity index (χ3v) is 5.26. The molecule has 1 aromatic carbocycles. The van der Waals surface area contributed by atoms with Crippen LogP contribution < -0.4 is 10.2 Å². The molecule has 1 amide bonds. The van der Waals surface area contributed by atoms with Gasteiger partial charge in [-0.05, 0) is 24.3 Å². The topological polar surface area (TPSA) is 99.7 Å². The van der Waals surface area contributed by atoms with Gasteiger partial charge in [0.2, 0.25) is 0 Å². The molecule has 0 unspecified atom stereocenters. The number of hydrogen-bond acceptors (Lipinski definition) is 7. The highest BCUT2D eigenvalue weighted by molar-refractivity contribution is 7.99. The zero-order chi connectivity index (χ0) is 19.3. The second kappa shape index (κ2) is 8.10. The summed E-state index contributed by atoms with van der Waals surface area (Å²) in [6, 6.07) is 8.46. The highest BCUT2D eigenvalue weighted by atomic mass is 32.2. The van der Waals surface area contributed by atoms with Crippen molar-refractivity contribution in [3.8, 4) is 12.0 Å². The zero-order valence-corrected chi connectivity index (χ0v) is 15.8. The molecule has 2 aromatic heterocycles. The Bertz CT molecular complexity index is 1000. The van der Waals surface area contributed by atoms with E-state index in [9.17, 15) is 4.79 Å². The molecule has 0 aliphatic carbocycles. The van der Waals surface area contributed by atoms with Crippen LogP contribution in [-0.4, -0.2) is 50.3 Å². The minimum atomic E-state index is -0.275. The maximum Gasteiger partial charge on any atom is 0.255 e. The van der Waals surface area contributed by atoms with E-state index in [4.69, 9.17) is 5.26 Å². The molecule has 28 heavy (non-hydrogen) atoms. The number of benzene rings is 1. The first-order valence-electron chi connectivity index (χ1n) is 8.74. The molecule has 0 bridgehead atoms.